The molecule has 0 radical (unpaired) electrons. The first-order valence-electron chi connectivity index (χ1n) is 7.09. The van der Waals surface area contributed by atoms with Crippen LogP contribution >= 0.6 is 0 Å². The number of para-hydroxylation sites is 1. The first kappa shape index (κ1) is 16.5. The van der Waals surface area contributed by atoms with Crippen LogP contribution in [0.15, 0.2) is 22.7 Å². The van der Waals surface area contributed by atoms with Gasteiger partial charge < -0.3 is 9.84 Å². The van der Waals surface area contributed by atoms with Crippen molar-refractivity contribution in [3.63, 3.8) is 0 Å². The van der Waals surface area contributed by atoms with Crippen molar-refractivity contribution < 1.29 is 12.9 Å². The number of rotatable bonds is 6. The highest BCUT2D eigenvalue weighted by Crippen LogP contribution is 2.27. The summed E-state index contributed by atoms with van der Waals surface area (Å²) in [6.07, 6.45) is 1.14. The topological polar surface area (TPSA) is 85.1 Å². The third-order valence-corrected chi connectivity index (χ3v) is 4.03. The van der Waals surface area contributed by atoms with E-state index in [1.807, 2.05) is 19.1 Å². The quantitative estimate of drug-likeness (QED) is 0.879. The predicted octanol–water partition coefficient (Wildman–Crippen LogP) is 2.66. The number of hydrogen-bond donors (Lipinski definition) is 1. The minimum absolute atomic E-state index is 0.188. The van der Waals surface area contributed by atoms with E-state index in [2.05, 4.69) is 35.4 Å². The van der Waals surface area contributed by atoms with E-state index in [0.29, 0.717) is 18.4 Å². The molecular weight excluding hydrogens is 302 g/mol. The summed E-state index contributed by atoms with van der Waals surface area (Å²) in [5.74, 6) is 0.744. The Morgan fingerprint density at radius 3 is 2.68 bits per heavy atom. The smallest absolute Gasteiger partial charge is 0.245 e. The second-order valence-electron chi connectivity index (χ2n) is 5.72. The van der Waals surface area contributed by atoms with E-state index in [1.165, 1.54) is 5.56 Å². The number of hydrogen-bond acceptors (Lipinski definition) is 6. The van der Waals surface area contributed by atoms with Crippen LogP contribution < -0.4 is 5.32 Å². The fourth-order valence-electron chi connectivity index (χ4n) is 2.23. The van der Waals surface area contributed by atoms with Gasteiger partial charge >= 0.3 is 0 Å². The van der Waals surface area contributed by atoms with E-state index in [4.69, 9.17) is 4.52 Å². The van der Waals surface area contributed by atoms with Crippen LogP contribution in [0, 0.1) is 6.92 Å². The lowest BCUT2D eigenvalue weighted by atomic mass is 9.98. The maximum atomic E-state index is 11.2. The van der Waals surface area contributed by atoms with Gasteiger partial charge in [0, 0.05) is 11.9 Å². The van der Waals surface area contributed by atoms with E-state index in [0.717, 1.165) is 17.5 Å². The fraction of sp³-hybridized carbons (Fsp3) is 0.467. The molecule has 0 saturated carbocycles. The molecule has 1 N–H and O–H groups in total. The fourth-order valence-corrected chi connectivity index (χ4v) is 2.82. The number of nitrogens with zero attached hydrogens (tertiary/aromatic N) is 2. The van der Waals surface area contributed by atoms with Gasteiger partial charge in [-0.3, -0.25) is 0 Å². The highest BCUT2D eigenvalue weighted by Gasteiger charge is 2.13. The van der Waals surface area contributed by atoms with Crippen LogP contribution in [0.4, 0.5) is 5.69 Å². The Morgan fingerprint density at radius 2 is 2.05 bits per heavy atom. The number of nitrogens with one attached hydrogen (secondary N) is 1. The number of aromatic nitrogens is 2. The Bertz CT molecular complexity index is 751. The van der Waals surface area contributed by atoms with E-state index in [1.54, 1.807) is 0 Å². The SMILES string of the molecule is Cc1cccc(C(C)C)c1NCc1nc(CS(C)(=O)=O)no1. The van der Waals surface area contributed by atoms with Crippen molar-refractivity contribution in [1.29, 1.82) is 0 Å². The molecule has 120 valence electrons. The third kappa shape index (κ3) is 4.30. The average Bonchev–Trinajstić information content (AvgIpc) is 2.82. The first-order chi connectivity index (χ1) is 10.3. The highest BCUT2D eigenvalue weighted by atomic mass is 32.2. The zero-order valence-electron chi connectivity index (χ0n) is 13.3. The molecule has 0 unspecified atom stereocenters. The van der Waals surface area contributed by atoms with Crippen molar-refractivity contribution in [2.75, 3.05) is 11.6 Å². The third-order valence-electron chi connectivity index (χ3n) is 3.24. The summed E-state index contributed by atoms with van der Waals surface area (Å²) in [6, 6.07) is 6.16. The molecule has 1 aromatic carbocycles. The van der Waals surface area contributed by atoms with Gasteiger partial charge in [0.2, 0.25) is 5.89 Å². The van der Waals surface area contributed by atoms with Crippen LogP contribution in [0.25, 0.3) is 0 Å². The van der Waals surface area contributed by atoms with Gasteiger partial charge in [0.05, 0.1) is 6.54 Å². The predicted molar refractivity (Wildman–Crippen MR) is 85.4 cm³/mol. The second-order valence-corrected chi connectivity index (χ2v) is 7.86. The molecular formula is C15H21N3O3S. The van der Waals surface area contributed by atoms with Crippen molar-refractivity contribution >= 4 is 15.5 Å². The maximum absolute atomic E-state index is 11.2. The summed E-state index contributed by atoms with van der Waals surface area (Å²) < 4.78 is 27.5. The van der Waals surface area contributed by atoms with Crippen LogP contribution in [-0.4, -0.2) is 24.8 Å². The van der Waals surface area contributed by atoms with E-state index < -0.39 is 9.84 Å². The summed E-state index contributed by atoms with van der Waals surface area (Å²) in [5, 5.41) is 7.00. The molecule has 7 heteroatoms. The second kappa shape index (κ2) is 6.48. The minimum Gasteiger partial charge on any atom is -0.376 e. The van der Waals surface area contributed by atoms with Crippen LogP contribution in [0.1, 0.15) is 42.6 Å². The van der Waals surface area contributed by atoms with Gasteiger partial charge in [0.1, 0.15) is 5.75 Å². The maximum Gasteiger partial charge on any atom is 0.245 e. The number of sulfone groups is 1. The molecule has 0 saturated heterocycles. The highest BCUT2D eigenvalue weighted by molar-refractivity contribution is 7.89. The Kier molecular flexibility index (Phi) is 4.85. The zero-order valence-corrected chi connectivity index (χ0v) is 14.1. The Hall–Kier alpha value is -1.89. The molecule has 2 rings (SSSR count). The molecule has 1 heterocycles. The summed E-state index contributed by atoms with van der Waals surface area (Å²) in [7, 11) is -3.16. The molecule has 2 aromatic rings. The van der Waals surface area contributed by atoms with Gasteiger partial charge in [-0.1, -0.05) is 37.2 Å². The molecule has 0 amide bonds. The Balaban J connectivity index is 2.11. The molecule has 1 aromatic heterocycles. The zero-order chi connectivity index (χ0) is 16.3. The lowest BCUT2D eigenvalue weighted by molar-refractivity contribution is 0.379. The van der Waals surface area contributed by atoms with Gasteiger partial charge in [-0.2, -0.15) is 4.98 Å². The molecule has 0 fully saturated rings. The van der Waals surface area contributed by atoms with Gasteiger partial charge in [0.25, 0.3) is 0 Å². The van der Waals surface area contributed by atoms with E-state index >= 15 is 0 Å². The molecule has 0 aliphatic rings. The van der Waals surface area contributed by atoms with Crippen molar-refractivity contribution in [2.45, 2.75) is 39.0 Å². The molecule has 0 aliphatic heterocycles. The van der Waals surface area contributed by atoms with Gasteiger partial charge in [0.15, 0.2) is 15.7 Å². The molecule has 0 bridgehead atoms. The van der Waals surface area contributed by atoms with Crippen LogP contribution in [0.2, 0.25) is 0 Å². The summed E-state index contributed by atoms with van der Waals surface area (Å²) in [5.41, 5.74) is 3.42. The number of benzene rings is 1. The van der Waals surface area contributed by atoms with Gasteiger partial charge in [-0.05, 0) is 24.0 Å². The molecule has 22 heavy (non-hydrogen) atoms. The molecule has 0 spiro atoms. The Labute approximate surface area is 130 Å². The number of aryl methyl sites for hydroxylation is 1. The van der Waals surface area contributed by atoms with Crippen LogP contribution in [-0.2, 0) is 22.1 Å². The molecule has 6 nitrogen and oxygen atoms in total. The lowest BCUT2D eigenvalue weighted by Gasteiger charge is -2.16. The normalized spacial score (nSPS) is 11.9. The van der Waals surface area contributed by atoms with Crippen molar-refractivity contribution in [3.05, 3.63) is 41.0 Å². The van der Waals surface area contributed by atoms with E-state index in [9.17, 15) is 8.42 Å². The summed E-state index contributed by atoms with van der Waals surface area (Å²) in [4.78, 5) is 4.10. The van der Waals surface area contributed by atoms with Crippen molar-refractivity contribution in [1.82, 2.24) is 10.1 Å². The standard InChI is InChI=1S/C15H21N3O3S/c1-10(2)12-7-5-6-11(3)15(12)16-8-14-17-13(18-21-14)9-22(4,19)20/h5-7,10,16H,8-9H2,1-4H3. The molecule has 0 atom stereocenters. The van der Waals surface area contributed by atoms with Crippen molar-refractivity contribution in [3.8, 4) is 0 Å². The van der Waals surface area contributed by atoms with Gasteiger partial charge in [-0.25, -0.2) is 8.42 Å². The van der Waals surface area contributed by atoms with Crippen molar-refractivity contribution in [2.24, 2.45) is 0 Å². The minimum atomic E-state index is -3.16. The monoisotopic (exact) mass is 323 g/mol. The first-order valence-corrected chi connectivity index (χ1v) is 9.15. The average molecular weight is 323 g/mol. The van der Waals surface area contributed by atoms with Crippen LogP contribution in [0.5, 0.6) is 0 Å². The van der Waals surface area contributed by atoms with Gasteiger partial charge in [-0.15, -0.1) is 0 Å². The number of anilines is 1. The van der Waals surface area contributed by atoms with Crippen LogP contribution in [0.3, 0.4) is 0 Å². The summed E-state index contributed by atoms with van der Waals surface area (Å²) >= 11 is 0. The largest absolute Gasteiger partial charge is 0.376 e. The van der Waals surface area contributed by atoms with E-state index in [-0.39, 0.29) is 11.6 Å². The lowest BCUT2D eigenvalue weighted by Crippen LogP contribution is -2.06. The molecule has 0 aliphatic carbocycles. The summed E-state index contributed by atoms with van der Waals surface area (Å²) in [6.45, 7) is 6.67. The Morgan fingerprint density at radius 1 is 1.32 bits per heavy atom.